The first-order valence-electron chi connectivity index (χ1n) is 11.3. The lowest BCUT2D eigenvalue weighted by Crippen LogP contribution is -2.55. The van der Waals surface area contributed by atoms with Crippen molar-refractivity contribution in [3.05, 3.63) is 85.5 Å². The van der Waals surface area contributed by atoms with Crippen molar-refractivity contribution in [1.29, 1.82) is 0 Å². The van der Waals surface area contributed by atoms with Gasteiger partial charge in [0.2, 0.25) is 0 Å². The lowest BCUT2D eigenvalue weighted by Gasteiger charge is -2.46. The van der Waals surface area contributed by atoms with Crippen molar-refractivity contribution in [2.75, 3.05) is 29.9 Å². The summed E-state index contributed by atoms with van der Waals surface area (Å²) >= 11 is 0. The largest absolute Gasteiger partial charge is 0.352 e. The third-order valence-electron chi connectivity index (χ3n) is 6.42. The van der Waals surface area contributed by atoms with Gasteiger partial charge in [0.05, 0.1) is 17.4 Å². The summed E-state index contributed by atoms with van der Waals surface area (Å²) in [4.78, 5) is 13.9. The van der Waals surface area contributed by atoms with Crippen molar-refractivity contribution in [1.82, 2.24) is 14.9 Å². The van der Waals surface area contributed by atoms with E-state index in [1.54, 1.807) is 6.33 Å². The minimum absolute atomic E-state index is 0.326. The number of rotatable bonds is 5. The van der Waals surface area contributed by atoms with Crippen LogP contribution in [0.5, 0.6) is 0 Å². The second-order valence-electron chi connectivity index (χ2n) is 8.76. The van der Waals surface area contributed by atoms with Crippen LogP contribution in [0.1, 0.15) is 13.8 Å². The maximum absolute atomic E-state index is 4.65. The number of anilines is 2. The molecular formula is C27H29N5. The fraction of sp³-hybridized carbons (Fsp3) is 0.259. The number of piperazine rings is 1. The summed E-state index contributed by atoms with van der Waals surface area (Å²) in [6, 6.07) is 23.4. The number of nitrogens with one attached hydrogen (secondary N) is 1. The lowest BCUT2D eigenvalue weighted by molar-refractivity contribution is 0.183. The molecule has 4 aromatic rings. The van der Waals surface area contributed by atoms with Gasteiger partial charge in [0.15, 0.2) is 0 Å². The quantitative estimate of drug-likeness (QED) is 0.458. The zero-order chi connectivity index (χ0) is 22.1. The predicted molar refractivity (Wildman–Crippen MR) is 134 cm³/mol. The first-order valence-corrected chi connectivity index (χ1v) is 11.3. The number of hydrogen-bond donors (Lipinski definition) is 1. The number of para-hydroxylation sites is 1. The van der Waals surface area contributed by atoms with Gasteiger partial charge in [0, 0.05) is 36.1 Å². The molecule has 0 radical (unpaired) electrons. The first-order chi connectivity index (χ1) is 15.6. The van der Waals surface area contributed by atoms with Crippen LogP contribution in [0.2, 0.25) is 0 Å². The maximum Gasteiger partial charge on any atom is 0.140 e. The van der Waals surface area contributed by atoms with Crippen LogP contribution in [0.25, 0.3) is 21.7 Å². The Bertz CT molecular complexity index is 1250. The normalized spacial score (nSPS) is 16.7. The van der Waals surface area contributed by atoms with Crippen LogP contribution in [0.4, 0.5) is 11.5 Å². The van der Waals surface area contributed by atoms with Crippen molar-refractivity contribution in [2.24, 2.45) is 5.92 Å². The van der Waals surface area contributed by atoms with Gasteiger partial charge in [-0.3, -0.25) is 0 Å². The molecule has 1 fully saturated rings. The van der Waals surface area contributed by atoms with Crippen LogP contribution in [0.3, 0.4) is 0 Å². The van der Waals surface area contributed by atoms with Crippen LogP contribution in [0.15, 0.2) is 85.5 Å². The van der Waals surface area contributed by atoms with E-state index in [1.165, 1.54) is 10.8 Å². The van der Waals surface area contributed by atoms with E-state index in [0.29, 0.717) is 12.0 Å². The summed E-state index contributed by atoms with van der Waals surface area (Å²) in [6.07, 6.45) is 1.68. The molecule has 1 aromatic heterocycles. The number of benzene rings is 3. The molecule has 32 heavy (non-hydrogen) atoms. The van der Waals surface area contributed by atoms with Gasteiger partial charge in [-0.05, 0) is 29.5 Å². The highest BCUT2D eigenvalue weighted by Gasteiger charge is 2.31. The second kappa shape index (κ2) is 8.50. The van der Waals surface area contributed by atoms with Gasteiger partial charge in [0.25, 0.3) is 0 Å². The van der Waals surface area contributed by atoms with Crippen LogP contribution in [0, 0.1) is 5.92 Å². The Hall–Kier alpha value is -3.60. The van der Waals surface area contributed by atoms with Gasteiger partial charge in [-0.2, -0.15) is 0 Å². The molecule has 5 heteroatoms. The number of fused-ring (bicyclic) bond motifs is 2. The SMILES string of the molecule is C=C(Nc1cccc2ccccc12)N1CCN(c2ncnc3ccccc23)CC1C(C)C. The Labute approximate surface area is 189 Å². The number of aromatic nitrogens is 2. The van der Waals surface area contributed by atoms with Gasteiger partial charge >= 0.3 is 0 Å². The molecule has 0 spiro atoms. The van der Waals surface area contributed by atoms with Crippen molar-refractivity contribution in [2.45, 2.75) is 19.9 Å². The van der Waals surface area contributed by atoms with Crippen molar-refractivity contribution in [3.63, 3.8) is 0 Å². The predicted octanol–water partition coefficient (Wildman–Crippen LogP) is 5.51. The smallest absolute Gasteiger partial charge is 0.140 e. The summed E-state index contributed by atoms with van der Waals surface area (Å²) < 4.78 is 0. The molecule has 5 nitrogen and oxygen atoms in total. The minimum Gasteiger partial charge on any atom is -0.352 e. The zero-order valence-corrected chi connectivity index (χ0v) is 18.7. The number of hydrogen-bond acceptors (Lipinski definition) is 5. The van der Waals surface area contributed by atoms with Crippen LogP contribution < -0.4 is 10.2 Å². The highest BCUT2D eigenvalue weighted by molar-refractivity contribution is 5.94. The first kappa shape index (κ1) is 20.3. The van der Waals surface area contributed by atoms with Crippen LogP contribution >= 0.6 is 0 Å². The van der Waals surface area contributed by atoms with E-state index in [1.807, 2.05) is 12.1 Å². The highest BCUT2D eigenvalue weighted by Crippen LogP contribution is 2.30. The summed E-state index contributed by atoms with van der Waals surface area (Å²) in [6.45, 7) is 11.7. The molecule has 1 saturated heterocycles. The van der Waals surface area contributed by atoms with Gasteiger partial charge in [0.1, 0.15) is 12.1 Å². The van der Waals surface area contributed by atoms with E-state index in [9.17, 15) is 0 Å². The minimum atomic E-state index is 0.326. The van der Waals surface area contributed by atoms with E-state index >= 15 is 0 Å². The van der Waals surface area contributed by atoms with E-state index in [0.717, 1.165) is 47.9 Å². The molecule has 0 aliphatic carbocycles. The van der Waals surface area contributed by atoms with E-state index in [2.05, 4.69) is 100 Å². The molecule has 0 saturated carbocycles. The molecule has 3 aromatic carbocycles. The fourth-order valence-electron chi connectivity index (χ4n) is 4.71. The van der Waals surface area contributed by atoms with Crippen molar-refractivity contribution >= 4 is 33.2 Å². The van der Waals surface area contributed by atoms with Gasteiger partial charge in [-0.25, -0.2) is 9.97 Å². The van der Waals surface area contributed by atoms with E-state index in [-0.39, 0.29) is 0 Å². The monoisotopic (exact) mass is 423 g/mol. The Kier molecular flexibility index (Phi) is 5.39. The van der Waals surface area contributed by atoms with Crippen molar-refractivity contribution < 1.29 is 0 Å². The molecule has 162 valence electrons. The van der Waals surface area contributed by atoms with Gasteiger partial charge < -0.3 is 15.1 Å². The molecule has 0 amide bonds. The molecule has 1 aliphatic heterocycles. The van der Waals surface area contributed by atoms with E-state index in [4.69, 9.17) is 0 Å². The Morgan fingerprint density at radius 2 is 1.69 bits per heavy atom. The standard InChI is InChI=1S/C27H29N5/c1-19(2)26-17-31(27-23-12-6-7-13-24(23)28-18-29-27)15-16-32(26)20(3)30-25-14-8-10-21-9-4-5-11-22(21)25/h4-14,18-19,26,30H,3,15-17H2,1-2H3. The van der Waals surface area contributed by atoms with Crippen LogP contribution in [-0.2, 0) is 0 Å². The molecule has 1 aliphatic rings. The third-order valence-corrected chi connectivity index (χ3v) is 6.42. The summed E-state index contributed by atoms with van der Waals surface area (Å²) in [5, 5.41) is 7.16. The maximum atomic E-state index is 4.65. The molecule has 1 unspecified atom stereocenters. The lowest BCUT2D eigenvalue weighted by atomic mass is 9.99. The van der Waals surface area contributed by atoms with E-state index < -0.39 is 0 Å². The Balaban J connectivity index is 1.39. The molecular weight excluding hydrogens is 394 g/mol. The average Bonchev–Trinajstić information content (AvgIpc) is 2.83. The summed E-state index contributed by atoms with van der Waals surface area (Å²) in [5.41, 5.74) is 2.09. The molecule has 1 N–H and O–H groups in total. The average molecular weight is 424 g/mol. The molecule has 2 heterocycles. The van der Waals surface area contributed by atoms with Crippen LogP contribution in [-0.4, -0.2) is 40.5 Å². The third kappa shape index (κ3) is 3.75. The van der Waals surface area contributed by atoms with Gasteiger partial charge in [-0.1, -0.05) is 69.0 Å². The summed E-state index contributed by atoms with van der Waals surface area (Å²) in [5.74, 6) is 2.44. The Morgan fingerprint density at radius 1 is 0.938 bits per heavy atom. The van der Waals surface area contributed by atoms with Crippen molar-refractivity contribution in [3.8, 4) is 0 Å². The summed E-state index contributed by atoms with van der Waals surface area (Å²) in [7, 11) is 0. The zero-order valence-electron chi connectivity index (χ0n) is 18.7. The fourth-order valence-corrected chi connectivity index (χ4v) is 4.71. The topological polar surface area (TPSA) is 44.3 Å². The molecule has 5 rings (SSSR count). The molecule has 0 bridgehead atoms. The van der Waals surface area contributed by atoms with Gasteiger partial charge in [-0.15, -0.1) is 0 Å². The Morgan fingerprint density at radius 3 is 2.53 bits per heavy atom. The highest BCUT2D eigenvalue weighted by atomic mass is 15.4. The molecule has 1 atom stereocenters. The second-order valence-corrected chi connectivity index (χ2v) is 8.76. The number of nitrogens with zero attached hydrogens (tertiary/aromatic N) is 4.